The van der Waals surface area contributed by atoms with Crippen LogP contribution in [0.2, 0.25) is 0 Å². The lowest BCUT2D eigenvalue weighted by atomic mass is 9.93. The molecular weight excluding hydrogens is 500 g/mol. The number of nitrogens with zero attached hydrogens (tertiary/aromatic N) is 2. The van der Waals surface area contributed by atoms with Gasteiger partial charge in [0.25, 0.3) is 5.56 Å². The third-order valence-corrected chi connectivity index (χ3v) is 7.52. The zero-order chi connectivity index (χ0) is 26.2. The first-order valence-electron chi connectivity index (χ1n) is 12.3. The molecule has 1 aromatic heterocycles. The topological polar surface area (TPSA) is 79.1 Å². The summed E-state index contributed by atoms with van der Waals surface area (Å²) >= 11 is 1.29. The molecule has 6 rings (SSSR count). The van der Waals surface area contributed by atoms with E-state index in [2.05, 4.69) is 0 Å². The number of ether oxygens (including phenoxy) is 3. The number of benzene rings is 3. The van der Waals surface area contributed by atoms with E-state index in [1.165, 1.54) is 11.3 Å². The summed E-state index contributed by atoms with van der Waals surface area (Å²) in [5.74, 6) is 0.842. The van der Waals surface area contributed by atoms with Gasteiger partial charge in [0.05, 0.1) is 28.5 Å². The molecule has 8 heteroatoms. The van der Waals surface area contributed by atoms with Gasteiger partial charge < -0.3 is 14.2 Å². The van der Waals surface area contributed by atoms with Crippen LogP contribution in [0.25, 0.3) is 11.8 Å². The molecule has 0 fully saturated rings. The zero-order valence-corrected chi connectivity index (χ0v) is 21.7. The molecule has 7 nitrogen and oxygen atoms in total. The molecule has 1 atom stereocenters. The van der Waals surface area contributed by atoms with Crippen molar-refractivity contribution in [2.24, 2.45) is 4.99 Å². The molecule has 0 aliphatic carbocycles. The van der Waals surface area contributed by atoms with Gasteiger partial charge in [-0.3, -0.25) is 9.36 Å². The first-order valence-corrected chi connectivity index (χ1v) is 13.1. The van der Waals surface area contributed by atoms with E-state index in [9.17, 15) is 9.59 Å². The van der Waals surface area contributed by atoms with Crippen molar-refractivity contribution in [3.8, 4) is 11.5 Å². The standard InChI is InChI=1S/C30H24N2O5S/c1-3-35-29(34)25-26(19-10-6-4-7-11-19)31-30-32(27(25)20-12-8-5-9-13-20)28(33)24(38-30)16-21-15-23-22(14-18(21)2)36-17-37-23/h4-16,27H,3,17H2,1-2H3. The molecule has 4 aromatic rings. The highest BCUT2D eigenvalue weighted by molar-refractivity contribution is 7.07. The largest absolute Gasteiger partial charge is 0.463 e. The van der Waals surface area contributed by atoms with Gasteiger partial charge in [-0.1, -0.05) is 72.0 Å². The van der Waals surface area contributed by atoms with Crippen LogP contribution in [0, 0.1) is 6.92 Å². The second-order valence-electron chi connectivity index (χ2n) is 8.90. The Hall–Kier alpha value is -4.43. The van der Waals surface area contributed by atoms with E-state index in [4.69, 9.17) is 19.2 Å². The molecule has 3 aromatic carbocycles. The average molecular weight is 525 g/mol. The molecule has 0 N–H and O–H groups in total. The van der Waals surface area contributed by atoms with Crippen molar-refractivity contribution in [2.75, 3.05) is 13.4 Å². The molecule has 2 aliphatic rings. The Labute approximate surface area is 222 Å². The highest BCUT2D eigenvalue weighted by Crippen LogP contribution is 2.36. The Morgan fingerprint density at radius 2 is 1.76 bits per heavy atom. The minimum absolute atomic E-state index is 0.177. The second-order valence-corrected chi connectivity index (χ2v) is 9.91. The zero-order valence-electron chi connectivity index (χ0n) is 20.8. The Bertz CT molecular complexity index is 1750. The lowest BCUT2D eigenvalue weighted by molar-refractivity contribution is -0.138. The third-order valence-electron chi connectivity index (χ3n) is 6.54. The van der Waals surface area contributed by atoms with E-state index >= 15 is 0 Å². The number of thiazole rings is 1. The van der Waals surface area contributed by atoms with Crippen LogP contribution in [0.4, 0.5) is 0 Å². The molecule has 0 spiro atoms. The van der Waals surface area contributed by atoms with Crippen LogP contribution >= 0.6 is 11.3 Å². The summed E-state index contributed by atoms with van der Waals surface area (Å²) in [4.78, 5) is 32.8. The van der Waals surface area contributed by atoms with Crippen LogP contribution in [0.3, 0.4) is 0 Å². The highest BCUT2D eigenvalue weighted by Gasteiger charge is 2.35. The van der Waals surface area contributed by atoms with Crippen molar-refractivity contribution in [2.45, 2.75) is 19.9 Å². The maximum absolute atomic E-state index is 14.0. The van der Waals surface area contributed by atoms with Crippen LogP contribution in [0.1, 0.15) is 35.2 Å². The molecule has 38 heavy (non-hydrogen) atoms. The maximum atomic E-state index is 14.0. The normalized spacial score (nSPS) is 16.3. The lowest BCUT2D eigenvalue weighted by Gasteiger charge is -2.25. The average Bonchev–Trinajstić information content (AvgIpc) is 3.52. The van der Waals surface area contributed by atoms with Gasteiger partial charge in [0.15, 0.2) is 16.3 Å². The molecule has 2 aliphatic heterocycles. The van der Waals surface area contributed by atoms with E-state index < -0.39 is 12.0 Å². The summed E-state index contributed by atoms with van der Waals surface area (Å²) in [5.41, 5.74) is 3.99. The van der Waals surface area contributed by atoms with E-state index in [0.29, 0.717) is 32.1 Å². The first-order chi connectivity index (χ1) is 18.5. The van der Waals surface area contributed by atoms with Gasteiger partial charge in [-0.05, 0) is 48.7 Å². The summed E-state index contributed by atoms with van der Waals surface area (Å²) in [6.45, 7) is 4.11. The van der Waals surface area contributed by atoms with Gasteiger partial charge in [-0.15, -0.1) is 0 Å². The van der Waals surface area contributed by atoms with Crippen LogP contribution in [-0.2, 0) is 9.53 Å². The highest BCUT2D eigenvalue weighted by atomic mass is 32.1. The van der Waals surface area contributed by atoms with Gasteiger partial charge in [-0.25, -0.2) is 9.79 Å². The van der Waals surface area contributed by atoms with Crippen molar-refractivity contribution in [3.63, 3.8) is 0 Å². The molecule has 0 bridgehead atoms. The smallest absolute Gasteiger partial charge is 0.338 e. The Morgan fingerprint density at radius 3 is 2.47 bits per heavy atom. The van der Waals surface area contributed by atoms with E-state index in [0.717, 1.165) is 22.3 Å². The number of carbonyl (C=O) groups is 1. The lowest BCUT2D eigenvalue weighted by Crippen LogP contribution is -2.40. The van der Waals surface area contributed by atoms with Crippen LogP contribution in [-0.4, -0.2) is 23.9 Å². The summed E-state index contributed by atoms with van der Waals surface area (Å²) in [6.07, 6.45) is 1.85. The molecule has 0 amide bonds. The predicted molar refractivity (Wildman–Crippen MR) is 145 cm³/mol. The fraction of sp³-hybridized carbons (Fsp3) is 0.167. The number of fused-ring (bicyclic) bond motifs is 2. The molecule has 0 saturated carbocycles. The Morgan fingerprint density at radius 1 is 1.08 bits per heavy atom. The fourth-order valence-electron chi connectivity index (χ4n) is 4.75. The van der Waals surface area contributed by atoms with E-state index in [-0.39, 0.29) is 19.0 Å². The SMILES string of the molecule is CCOC(=O)C1=C(c2ccccc2)N=c2sc(=Cc3cc4c(cc3C)OCO4)c(=O)n2C1c1ccccc1. The number of aryl methyl sites for hydroxylation is 1. The van der Waals surface area contributed by atoms with Crippen molar-refractivity contribution in [1.29, 1.82) is 0 Å². The maximum Gasteiger partial charge on any atom is 0.338 e. The first kappa shape index (κ1) is 23.9. The number of carbonyl (C=O) groups excluding carboxylic acids is 1. The minimum atomic E-state index is -0.693. The summed E-state index contributed by atoms with van der Waals surface area (Å²) in [7, 11) is 0. The molecule has 3 heterocycles. The third kappa shape index (κ3) is 4.13. The number of hydrogen-bond donors (Lipinski definition) is 0. The molecule has 0 saturated heterocycles. The monoisotopic (exact) mass is 524 g/mol. The Balaban J connectivity index is 1.62. The summed E-state index contributed by atoms with van der Waals surface area (Å²) < 4.78 is 18.6. The molecular formula is C30H24N2O5S. The van der Waals surface area contributed by atoms with Crippen LogP contribution in [0.5, 0.6) is 11.5 Å². The van der Waals surface area contributed by atoms with E-state index in [1.807, 2.05) is 85.8 Å². The van der Waals surface area contributed by atoms with Crippen molar-refractivity contribution >= 4 is 29.1 Å². The number of hydrogen-bond acceptors (Lipinski definition) is 7. The van der Waals surface area contributed by atoms with Crippen molar-refractivity contribution < 1.29 is 19.0 Å². The molecule has 1 unspecified atom stereocenters. The second kappa shape index (κ2) is 9.79. The summed E-state index contributed by atoms with van der Waals surface area (Å²) in [6, 6.07) is 22.1. The molecule has 0 radical (unpaired) electrons. The Kier molecular flexibility index (Phi) is 6.17. The van der Waals surface area contributed by atoms with Crippen molar-refractivity contribution in [1.82, 2.24) is 4.57 Å². The van der Waals surface area contributed by atoms with Gasteiger partial charge in [0.1, 0.15) is 0 Å². The quantitative estimate of drug-likeness (QED) is 0.369. The van der Waals surface area contributed by atoms with Crippen LogP contribution in [0.15, 0.2) is 88.2 Å². The van der Waals surface area contributed by atoms with Crippen molar-refractivity contribution in [3.05, 3.63) is 120 Å². The fourth-order valence-corrected chi connectivity index (χ4v) is 5.74. The summed E-state index contributed by atoms with van der Waals surface area (Å²) in [5, 5.41) is 0. The van der Waals surface area contributed by atoms with Gasteiger partial charge >= 0.3 is 5.97 Å². The number of esters is 1. The van der Waals surface area contributed by atoms with Crippen LogP contribution < -0.4 is 24.4 Å². The minimum Gasteiger partial charge on any atom is -0.463 e. The predicted octanol–water partition coefficient (Wildman–Crippen LogP) is 3.97. The van der Waals surface area contributed by atoms with E-state index in [1.54, 1.807) is 11.5 Å². The molecule has 190 valence electrons. The van der Waals surface area contributed by atoms with Gasteiger partial charge in [0, 0.05) is 5.56 Å². The van der Waals surface area contributed by atoms with Gasteiger partial charge in [-0.2, -0.15) is 0 Å². The van der Waals surface area contributed by atoms with Gasteiger partial charge in [0.2, 0.25) is 6.79 Å². The number of rotatable bonds is 5. The number of aromatic nitrogens is 1.